The van der Waals surface area contributed by atoms with E-state index in [1.807, 2.05) is 26.0 Å². The highest BCUT2D eigenvalue weighted by atomic mass is 32.2. The van der Waals surface area contributed by atoms with Crippen molar-refractivity contribution in [1.29, 1.82) is 0 Å². The molecule has 0 unspecified atom stereocenters. The Balaban J connectivity index is 2.36. The summed E-state index contributed by atoms with van der Waals surface area (Å²) >= 11 is 1.25. The second-order valence-corrected chi connectivity index (χ2v) is 5.63. The summed E-state index contributed by atoms with van der Waals surface area (Å²) in [7, 11) is 0. The van der Waals surface area contributed by atoms with Gasteiger partial charge >= 0.3 is 0 Å². The van der Waals surface area contributed by atoms with Crippen LogP contribution in [-0.4, -0.2) is 31.4 Å². The van der Waals surface area contributed by atoms with Gasteiger partial charge in [-0.15, -0.1) is 5.10 Å². The Hall–Kier alpha value is -1.89. The molecule has 0 saturated heterocycles. The lowest BCUT2D eigenvalue weighted by atomic mass is 10.1. The molecule has 0 aliphatic heterocycles. The highest BCUT2D eigenvalue weighted by Gasteiger charge is 2.17. The molecule has 0 bridgehead atoms. The molecular formula is C12H15N5OS. The van der Waals surface area contributed by atoms with Gasteiger partial charge in [-0.1, -0.05) is 29.5 Å². The monoisotopic (exact) mass is 277 g/mol. The van der Waals surface area contributed by atoms with Crippen molar-refractivity contribution >= 4 is 17.7 Å². The Kier molecular flexibility index (Phi) is 3.84. The van der Waals surface area contributed by atoms with Crippen molar-refractivity contribution in [3.8, 4) is 5.69 Å². The number of aromatic nitrogens is 4. The van der Waals surface area contributed by atoms with E-state index in [2.05, 4.69) is 21.6 Å². The van der Waals surface area contributed by atoms with Crippen molar-refractivity contribution < 1.29 is 4.79 Å². The van der Waals surface area contributed by atoms with Gasteiger partial charge in [0.2, 0.25) is 11.1 Å². The zero-order valence-electron chi connectivity index (χ0n) is 11.0. The van der Waals surface area contributed by atoms with Crippen LogP contribution < -0.4 is 5.73 Å². The fourth-order valence-electron chi connectivity index (χ4n) is 1.66. The normalized spacial score (nSPS) is 12.4. The number of primary amides is 1. The molecule has 0 aliphatic rings. The van der Waals surface area contributed by atoms with Crippen LogP contribution in [0.4, 0.5) is 0 Å². The molecule has 6 nitrogen and oxygen atoms in total. The van der Waals surface area contributed by atoms with E-state index in [4.69, 9.17) is 5.73 Å². The maximum absolute atomic E-state index is 11.1. The number of thioether (sulfide) groups is 1. The summed E-state index contributed by atoms with van der Waals surface area (Å²) in [6, 6.07) is 6.01. The van der Waals surface area contributed by atoms with Crippen LogP contribution in [0.1, 0.15) is 18.1 Å². The number of nitrogens with two attached hydrogens (primary N) is 1. The predicted molar refractivity (Wildman–Crippen MR) is 73.1 cm³/mol. The molecule has 1 heterocycles. The molecule has 1 amide bonds. The molecule has 2 rings (SSSR count). The van der Waals surface area contributed by atoms with Crippen LogP contribution in [0.2, 0.25) is 0 Å². The van der Waals surface area contributed by atoms with Crippen LogP contribution in [0.15, 0.2) is 23.4 Å². The number of rotatable bonds is 4. The first-order chi connectivity index (χ1) is 8.99. The molecule has 1 aromatic carbocycles. The summed E-state index contributed by atoms with van der Waals surface area (Å²) in [5, 5.41) is 11.7. The molecule has 0 aliphatic carbocycles. The Morgan fingerprint density at radius 1 is 1.42 bits per heavy atom. The average Bonchev–Trinajstić information content (AvgIpc) is 2.77. The first-order valence-corrected chi connectivity index (χ1v) is 6.69. The number of amides is 1. The lowest BCUT2D eigenvalue weighted by Gasteiger charge is -2.09. The molecule has 0 saturated carbocycles. The Bertz CT molecular complexity index is 610. The number of carbonyl (C=O) groups excluding carboxylic acids is 1. The number of benzene rings is 1. The zero-order chi connectivity index (χ0) is 14.0. The molecular weight excluding hydrogens is 262 g/mol. The number of hydrogen-bond donors (Lipinski definition) is 1. The lowest BCUT2D eigenvalue weighted by Crippen LogP contribution is -2.23. The van der Waals surface area contributed by atoms with Gasteiger partial charge < -0.3 is 5.73 Å². The third-order valence-electron chi connectivity index (χ3n) is 2.70. The Morgan fingerprint density at radius 3 is 2.79 bits per heavy atom. The number of hydrogen-bond acceptors (Lipinski definition) is 5. The van der Waals surface area contributed by atoms with E-state index in [1.54, 1.807) is 11.6 Å². The maximum Gasteiger partial charge on any atom is 0.230 e. The molecule has 1 atom stereocenters. The van der Waals surface area contributed by atoms with Gasteiger partial charge in [-0.3, -0.25) is 4.79 Å². The number of carbonyl (C=O) groups is 1. The minimum absolute atomic E-state index is 0.379. The summed E-state index contributed by atoms with van der Waals surface area (Å²) in [6.07, 6.45) is 0. The molecule has 19 heavy (non-hydrogen) atoms. The second-order valence-electron chi connectivity index (χ2n) is 4.33. The second kappa shape index (κ2) is 5.40. The highest BCUT2D eigenvalue weighted by molar-refractivity contribution is 8.00. The van der Waals surface area contributed by atoms with Crippen molar-refractivity contribution in [2.75, 3.05) is 0 Å². The van der Waals surface area contributed by atoms with Crippen LogP contribution >= 0.6 is 11.8 Å². The molecule has 0 radical (unpaired) electrons. The van der Waals surface area contributed by atoms with Gasteiger partial charge in [-0.2, -0.15) is 4.68 Å². The van der Waals surface area contributed by atoms with Gasteiger partial charge in [0, 0.05) is 0 Å². The van der Waals surface area contributed by atoms with Gasteiger partial charge in [-0.05, 0) is 42.8 Å². The minimum Gasteiger partial charge on any atom is -0.369 e. The third-order valence-corrected chi connectivity index (χ3v) is 3.76. The molecule has 0 spiro atoms. The van der Waals surface area contributed by atoms with Crippen molar-refractivity contribution in [2.24, 2.45) is 5.73 Å². The summed E-state index contributed by atoms with van der Waals surface area (Å²) in [6.45, 7) is 5.76. The minimum atomic E-state index is -0.389. The van der Waals surface area contributed by atoms with E-state index in [0.29, 0.717) is 5.16 Å². The number of nitrogens with zero attached hydrogens (tertiary/aromatic N) is 4. The molecule has 100 valence electrons. The van der Waals surface area contributed by atoms with Gasteiger partial charge in [0.25, 0.3) is 0 Å². The highest BCUT2D eigenvalue weighted by Crippen LogP contribution is 2.24. The lowest BCUT2D eigenvalue weighted by molar-refractivity contribution is -0.117. The molecule has 2 aromatic rings. The molecule has 1 aromatic heterocycles. The standard InChI is InChI=1S/C12H15N5OS/c1-7-4-5-10(8(2)6-7)17-12(14-15-16-17)19-9(3)11(13)18/h4-6,9H,1-3H3,(H2,13,18)/t9-/m1/s1. The number of aryl methyl sites for hydroxylation is 2. The molecule has 2 N–H and O–H groups in total. The van der Waals surface area contributed by atoms with Crippen LogP contribution in [0, 0.1) is 13.8 Å². The quantitative estimate of drug-likeness (QED) is 0.850. The van der Waals surface area contributed by atoms with Crippen molar-refractivity contribution in [3.63, 3.8) is 0 Å². The summed E-state index contributed by atoms with van der Waals surface area (Å²) in [4.78, 5) is 11.1. The summed E-state index contributed by atoms with van der Waals surface area (Å²) in [5.41, 5.74) is 8.40. The largest absolute Gasteiger partial charge is 0.369 e. The van der Waals surface area contributed by atoms with E-state index >= 15 is 0 Å². The van der Waals surface area contributed by atoms with Crippen LogP contribution in [-0.2, 0) is 4.79 Å². The van der Waals surface area contributed by atoms with Crippen molar-refractivity contribution in [3.05, 3.63) is 29.3 Å². The first-order valence-electron chi connectivity index (χ1n) is 5.81. The number of tetrazole rings is 1. The van der Waals surface area contributed by atoms with E-state index in [9.17, 15) is 4.79 Å². The molecule has 0 fully saturated rings. The smallest absolute Gasteiger partial charge is 0.230 e. The topological polar surface area (TPSA) is 86.7 Å². The summed E-state index contributed by atoms with van der Waals surface area (Å²) < 4.78 is 1.62. The molecule has 7 heteroatoms. The Morgan fingerprint density at radius 2 is 2.16 bits per heavy atom. The Labute approximate surface area is 115 Å². The average molecular weight is 277 g/mol. The van der Waals surface area contributed by atoms with E-state index in [-0.39, 0.29) is 11.2 Å². The first kappa shape index (κ1) is 13.5. The SMILES string of the molecule is Cc1ccc(-n2nnnc2S[C@H](C)C(N)=O)c(C)c1. The fraction of sp³-hybridized carbons (Fsp3) is 0.333. The van der Waals surface area contributed by atoms with E-state index in [0.717, 1.165) is 11.3 Å². The third kappa shape index (κ3) is 2.93. The van der Waals surface area contributed by atoms with Crippen LogP contribution in [0.5, 0.6) is 0 Å². The summed E-state index contributed by atoms with van der Waals surface area (Å²) in [5.74, 6) is -0.389. The van der Waals surface area contributed by atoms with Crippen LogP contribution in [0.3, 0.4) is 0 Å². The van der Waals surface area contributed by atoms with Crippen molar-refractivity contribution in [2.45, 2.75) is 31.2 Å². The maximum atomic E-state index is 11.1. The fourth-order valence-corrected chi connectivity index (χ4v) is 2.41. The van der Waals surface area contributed by atoms with Gasteiger partial charge in [0.05, 0.1) is 10.9 Å². The van der Waals surface area contributed by atoms with Crippen molar-refractivity contribution in [1.82, 2.24) is 20.2 Å². The van der Waals surface area contributed by atoms with Crippen LogP contribution in [0.25, 0.3) is 5.69 Å². The predicted octanol–water partition coefficient (Wildman–Crippen LogP) is 1.25. The van der Waals surface area contributed by atoms with Gasteiger partial charge in [0.1, 0.15) is 0 Å². The van der Waals surface area contributed by atoms with Gasteiger partial charge in [-0.25, -0.2) is 0 Å². The zero-order valence-corrected chi connectivity index (χ0v) is 11.8. The van der Waals surface area contributed by atoms with Gasteiger partial charge in [0.15, 0.2) is 0 Å². The van der Waals surface area contributed by atoms with E-state index in [1.165, 1.54) is 17.3 Å². The van der Waals surface area contributed by atoms with E-state index < -0.39 is 0 Å².